The van der Waals surface area contributed by atoms with Gasteiger partial charge in [-0.3, -0.25) is 4.79 Å². The fourth-order valence-electron chi connectivity index (χ4n) is 3.05. The van der Waals surface area contributed by atoms with Gasteiger partial charge in [-0.15, -0.1) is 13.2 Å². The summed E-state index contributed by atoms with van der Waals surface area (Å²) < 4.78 is 52.2. The van der Waals surface area contributed by atoms with Crippen molar-refractivity contribution in [2.45, 2.75) is 22.4 Å². The lowest BCUT2D eigenvalue weighted by Gasteiger charge is -2.35. The second-order valence-corrected chi connectivity index (χ2v) is 8.61. The molecule has 0 spiro atoms. The number of amides is 1. The van der Waals surface area contributed by atoms with Crippen molar-refractivity contribution in [3.8, 4) is 11.5 Å². The molecular formula is C18H22F3N5O3S2. The van der Waals surface area contributed by atoms with Crippen LogP contribution in [0.5, 0.6) is 11.5 Å². The Balaban J connectivity index is 1.84. The van der Waals surface area contributed by atoms with E-state index in [1.165, 1.54) is 14.2 Å². The Kier molecular flexibility index (Phi) is 7.49. The third-order valence-electron chi connectivity index (χ3n) is 4.64. The molecule has 3 rings (SSSR count). The van der Waals surface area contributed by atoms with E-state index in [1.807, 2.05) is 0 Å². The van der Waals surface area contributed by atoms with Gasteiger partial charge in [-0.2, -0.15) is 4.37 Å². The molecule has 1 fully saturated rings. The van der Waals surface area contributed by atoms with E-state index in [4.69, 9.17) is 4.74 Å². The molecular weight excluding hydrogens is 455 g/mol. The van der Waals surface area contributed by atoms with E-state index in [2.05, 4.69) is 36.1 Å². The number of hydrogen-bond donors (Lipinski definition) is 1. The van der Waals surface area contributed by atoms with Gasteiger partial charge in [0.1, 0.15) is 4.21 Å². The Labute approximate surface area is 185 Å². The number of nitrogens with one attached hydrogen (secondary N) is 1. The average molecular weight is 478 g/mol. The maximum Gasteiger partial charge on any atom is 0.573 e. The minimum Gasteiger partial charge on any atom is -0.493 e. The summed E-state index contributed by atoms with van der Waals surface area (Å²) in [6, 6.07) is 1.70. The van der Waals surface area contributed by atoms with Crippen molar-refractivity contribution in [2.75, 3.05) is 51.8 Å². The first-order chi connectivity index (χ1) is 14.8. The predicted octanol–water partition coefficient (Wildman–Crippen LogP) is 3.10. The van der Waals surface area contributed by atoms with Crippen LogP contribution in [0.25, 0.3) is 0 Å². The number of carbonyl (C=O) groups excluding carboxylic acids is 1. The van der Waals surface area contributed by atoms with Crippen LogP contribution in [0.2, 0.25) is 0 Å². The largest absolute Gasteiger partial charge is 0.573 e. The van der Waals surface area contributed by atoms with Crippen molar-refractivity contribution >= 4 is 35.0 Å². The minimum atomic E-state index is -4.96. The van der Waals surface area contributed by atoms with Crippen molar-refractivity contribution in [1.82, 2.24) is 19.6 Å². The number of methoxy groups -OCH3 is 1. The summed E-state index contributed by atoms with van der Waals surface area (Å²) in [6.45, 7) is 6.54. The van der Waals surface area contributed by atoms with Crippen LogP contribution >= 0.6 is 23.3 Å². The van der Waals surface area contributed by atoms with Gasteiger partial charge in [0.2, 0.25) is 0 Å². The lowest BCUT2D eigenvalue weighted by atomic mass is 10.3. The average Bonchev–Trinajstić information content (AvgIpc) is 3.13. The zero-order valence-corrected chi connectivity index (χ0v) is 18.8. The molecule has 0 bridgehead atoms. The highest BCUT2D eigenvalue weighted by molar-refractivity contribution is 8.01. The van der Waals surface area contributed by atoms with Gasteiger partial charge in [-0.25, -0.2) is 4.98 Å². The van der Waals surface area contributed by atoms with Gasteiger partial charge in [-0.05, 0) is 24.1 Å². The Morgan fingerprint density at radius 1 is 1.32 bits per heavy atom. The van der Waals surface area contributed by atoms with Gasteiger partial charge in [0.25, 0.3) is 5.91 Å². The number of rotatable bonds is 7. The second-order valence-electron chi connectivity index (χ2n) is 6.49. The van der Waals surface area contributed by atoms with E-state index in [0.29, 0.717) is 16.5 Å². The monoisotopic (exact) mass is 477 g/mol. The first kappa shape index (κ1) is 23.4. The van der Waals surface area contributed by atoms with Gasteiger partial charge < -0.3 is 24.6 Å². The summed E-state index contributed by atoms with van der Waals surface area (Å²) >= 11 is 1.72. The summed E-state index contributed by atoms with van der Waals surface area (Å²) in [5, 5.41) is 2.26. The van der Waals surface area contributed by atoms with Crippen LogP contribution in [0.1, 0.15) is 17.4 Å². The molecule has 1 amide bonds. The van der Waals surface area contributed by atoms with Crippen LogP contribution in [0, 0.1) is 0 Å². The van der Waals surface area contributed by atoms with Crippen molar-refractivity contribution in [3.05, 3.63) is 18.0 Å². The Hall–Kier alpha value is -2.25. The molecule has 0 aromatic carbocycles. The highest BCUT2D eigenvalue weighted by Crippen LogP contribution is 2.44. The summed E-state index contributed by atoms with van der Waals surface area (Å²) in [7, 11) is 2.82. The molecule has 13 heteroatoms. The number of pyridine rings is 1. The van der Waals surface area contributed by atoms with Crippen LogP contribution < -0.4 is 19.7 Å². The lowest BCUT2D eigenvalue weighted by molar-refractivity contribution is -0.275. The van der Waals surface area contributed by atoms with E-state index in [-0.39, 0.29) is 4.21 Å². The van der Waals surface area contributed by atoms with Crippen molar-refractivity contribution in [2.24, 2.45) is 0 Å². The number of halogens is 3. The summed E-state index contributed by atoms with van der Waals surface area (Å²) in [5.74, 6) is -0.186. The van der Waals surface area contributed by atoms with E-state index in [0.717, 1.165) is 56.0 Å². The molecule has 8 nitrogen and oxygen atoms in total. The Morgan fingerprint density at radius 2 is 2.03 bits per heavy atom. The van der Waals surface area contributed by atoms with Crippen molar-refractivity contribution in [3.63, 3.8) is 0 Å². The lowest BCUT2D eigenvalue weighted by Crippen LogP contribution is -2.46. The topological polar surface area (TPSA) is 79.8 Å². The molecule has 2 aromatic rings. The molecule has 1 N–H and O–H groups in total. The van der Waals surface area contributed by atoms with Gasteiger partial charge in [0.15, 0.2) is 23.0 Å². The zero-order chi connectivity index (χ0) is 22.6. The quantitative estimate of drug-likeness (QED) is 0.652. The molecule has 0 unspecified atom stereocenters. The highest BCUT2D eigenvalue weighted by Gasteiger charge is 2.36. The molecule has 0 aliphatic carbocycles. The number of nitrogens with zero attached hydrogens (tertiary/aromatic N) is 4. The molecule has 1 aliphatic rings. The number of piperazine rings is 1. The van der Waals surface area contributed by atoms with Crippen molar-refractivity contribution < 1.29 is 27.4 Å². The molecule has 1 aliphatic heterocycles. The first-order valence-corrected chi connectivity index (χ1v) is 11.0. The van der Waals surface area contributed by atoms with E-state index in [9.17, 15) is 18.0 Å². The molecule has 3 heterocycles. The summed E-state index contributed by atoms with van der Waals surface area (Å²) in [5.41, 5.74) is -0.419. The van der Waals surface area contributed by atoms with Crippen LogP contribution in [-0.2, 0) is 0 Å². The number of anilines is 1. The third kappa shape index (κ3) is 5.71. The number of ether oxygens (including phenoxy) is 2. The highest BCUT2D eigenvalue weighted by atomic mass is 32.2. The van der Waals surface area contributed by atoms with Gasteiger partial charge >= 0.3 is 6.36 Å². The Morgan fingerprint density at radius 3 is 2.61 bits per heavy atom. The maximum absolute atomic E-state index is 12.9. The third-order valence-corrected chi connectivity index (χ3v) is 6.57. The normalized spacial score (nSPS) is 15.1. The molecule has 0 radical (unpaired) electrons. The van der Waals surface area contributed by atoms with Crippen LogP contribution in [0.4, 0.5) is 19.0 Å². The van der Waals surface area contributed by atoms with Crippen molar-refractivity contribution in [1.29, 1.82) is 0 Å². The minimum absolute atomic E-state index is 0.0871. The molecule has 1 saturated heterocycles. The number of alkyl halides is 3. The number of carbonyl (C=O) groups is 1. The predicted molar refractivity (Wildman–Crippen MR) is 111 cm³/mol. The van der Waals surface area contributed by atoms with E-state index in [1.54, 1.807) is 12.3 Å². The van der Waals surface area contributed by atoms with Crippen LogP contribution in [0.3, 0.4) is 0 Å². The van der Waals surface area contributed by atoms with E-state index >= 15 is 0 Å². The molecule has 31 heavy (non-hydrogen) atoms. The number of aromatic nitrogens is 2. The maximum atomic E-state index is 12.9. The second kappa shape index (κ2) is 9.92. The van der Waals surface area contributed by atoms with Crippen LogP contribution in [-0.4, -0.2) is 73.4 Å². The van der Waals surface area contributed by atoms with Gasteiger partial charge in [0.05, 0.1) is 7.11 Å². The fourth-order valence-corrected chi connectivity index (χ4v) is 4.87. The first-order valence-electron chi connectivity index (χ1n) is 9.42. The van der Waals surface area contributed by atoms with Gasteiger partial charge in [-0.1, -0.05) is 18.7 Å². The van der Waals surface area contributed by atoms with Crippen LogP contribution in [0.15, 0.2) is 21.4 Å². The Bertz CT molecular complexity index is 917. The molecule has 0 saturated carbocycles. The molecule has 170 valence electrons. The summed E-state index contributed by atoms with van der Waals surface area (Å²) in [4.78, 5) is 21.4. The fraction of sp³-hybridized carbons (Fsp3) is 0.500. The number of hydrogen-bond acceptors (Lipinski definition) is 9. The smallest absolute Gasteiger partial charge is 0.493 e. The summed E-state index contributed by atoms with van der Waals surface area (Å²) in [6.07, 6.45) is -3.40. The van der Waals surface area contributed by atoms with Gasteiger partial charge in [0, 0.05) is 44.3 Å². The van der Waals surface area contributed by atoms with E-state index < -0.39 is 23.7 Å². The SMILES string of the molecule is CCN1CCN(c2ncc(Sc3snc(C(=O)NC)c3OC(F)(F)F)cc2OC)CC1. The molecule has 0 atom stereocenters. The molecule has 2 aromatic heterocycles. The standard InChI is InChI=1S/C18H22F3N5O3S2/c1-4-25-5-7-26(8-6-25)15-12(28-3)9-11(10-23-15)30-17-14(29-18(19,20)21)13(24-31-17)16(27)22-2/h9-10H,4-8H2,1-3H3,(H,22,27). The zero-order valence-electron chi connectivity index (χ0n) is 17.2. The number of likely N-dealkylation sites (N-methyl/N-ethyl adjacent to an activating group) is 1.